The van der Waals surface area contributed by atoms with E-state index in [-0.39, 0.29) is 5.91 Å². The number of likely N-dealkylation sites (tertiary alicyclic amines) is 1. The fraction of sp³-hybridized carbons (Fsp3) is 0.375. The largest absolute Gasteiger partial charge is 0.383 e. The van der Waals surface area contributed by atoms with E-state index in [0.717, 1.165) is 54.1 Å². The number of rotatable bonds is 7. The maximum absolute atomic E-state index is 12.5. The molecule has 37 heavy (non-hydrogen) atoms. The molecule has 0 aliphatic carbocycles. The number of aromatic nitrogens is 1. The highest BCUT2D eigenvalue weighted by molar-refractivity contribution is 5.94. The summed E-state index contributed by atoms with van der Waals surface area (Å²) in [6.07, 6.45) is 9.81. The van der Waals surface area contributed by atoms with Crippen molar-refractivity contribution in [3.63, 3.8) is 0 Å². The van der Waals surface area contributed by atoms with Crippen LogP contribution in [0.25, 0.3) is 10.8 Å². The van der Waals surface area contributed by atoms with E-state index in [1.54, 1.807) is 6.20 Å². The number of benzene rings is 2. The molecule has 0 atom stereocenters. The number of unbranched alkanes of at least 4 members (excludes halogenated alkanes) is 2. The Kier molecular flexibility index (Phi) is 9.58. The van der Waals surface area contributed by atoms with Crippen molar-refractivity contribution in [3.05, 3.63) is 70.9 Å². The van der Waals surface area contributed by atoms with Gasteiger partial charge in [0, 0.05) is 46.6 Å². The fourth-order valence-electron chi connectivity index (χ4n) is 4.50. The molecule has 1 fully saturated rings. The second kappa shape index (κ2) is 13.5. The molecule has 0 saturated carbocycles. The average Bonchev–Trinajstić information content (AvgIpc) is 2.93. The van der Waals surface area contributed by atoms with Crippen LogP contribution in [-0.2, 0) is 0 Å². The van der Waals surface area contributed by atoms with Gasteiger partial charge in [-0.2, -0.15) is 0 Å². The summed E-state index contributed by atoms with van der Waals surface area (Å²) in [5.74, 6) is 13.2. The molecule has 1 amide bonds. The van der Waals surface area contributed by atoms with Gasteiger partial charge in [0.1, 0.15) is 5.82 Å². The predicted molar refractivity (Wildman–Crippen MR) is 152 cm³/mol. The van der Waals surface area contributed by atoms with Gasteiger partial charge in [-0.15, -0.1) is 0 Å². The third-order valence-electron chi connectivity index (χ3n) is 6.67. The Morgan fingerprint density at radius 2 is 1.78 bits per heavy atom. The Hall–Kier alpha value is -3.80. The maximum atomic E-state index is 12.5. The molecule has 2 heterocycles. The van der Waals surface area contributed by atoms with Crippen LogP contribution >= 0.6 is 0 Å². The maximum Gasteiger partial charge on any atom is 0.251 e. The van der Waals surface area contributed by atoms with E-state index in [1.165, 1.54) is 32.4 Å². The number of hydrogen-bond donors (Lipinski definition) is 2. The number of pyridine rings is 1. The topological polar surface area (TPSA) is 71.2 Å². The minimum atomic E-state index is -0.0479. The van der Waals surface area contributed by atoms with Crippen molar-refractivity contribution in [1.29, 1.82) is 0 Å². The number of carbonyl (C=O) groups excluding carboxylic acids is 1. The van der Waals surface area contributed by atoms with Crippen molar-refractivity contribution in [2.45, 2.75) is 51.9 Å². The number of fused-ring (bicyclic) bond motifs is 1. The van der Waals surface area contributed by atoms with Gasteiger partial charge in [0.2, 0.25) is 0 Å². The molecule has 0 bridgehead atoms. The van der Waals surface area contributed by atoms with Crippen LogP contribution in [0.5, 0.6) is 0 Å². The van der Waals surface area contributed by atoms with Crippen molar-refractivity contribution in [2.75, 3.05) is 31.9 Å². The second-order valence-electron chi connectivity index (χ2n) is 9.56. The first kappa shape index (κ1) is 26.3. The van der Waals surface area contributed by atoms with Crippen LogP contribution in [0.1, 0.15) is 78.9 Å². The highest BCUT2D eigenvalue weighted by Gasteiger charge is 2.10. The first-order valence-corrected chi connectivity index (χ1v) is 13.4. The van der Waals surface area contributed by atoms with Gasteiger partial charge in [0.05, 0.1) is 5.56 Å². The van der Waals surface area contributed by atoms with Crippen LogP contribution in [0, 0.1) is 23.7 Å². The average molecular weight is 493 g/mol. The van der Waals surface area contributed by atoms with Crippen LogP contribution in [0.3, 0.4) is 0 Å². The Balaban J connectivity index is 1.40. The normalized spacial score (nSPS) is 13.3. The number of amides is 1. The van der Waals surface area contributed by atoms with Gasteiger partial charge in [-0.1, -0.05) is 49.5 Å². The van der Waals surface area contributed by atoms with Gasteiger partial charge < -0.3 is 16.0 Å². The van der Waals surface area contributed by atoms with E-state index in [4.69, 9.17) is 5.73 Å². The summed E-state index contributed by atoms with van der Waals surface area (Å²) in [5.41, 5.74) is 9.30. The molecule has 5 heteroatoms. The summed E-state index contributed by atoms with van der Waals surface area (Å²) in [4.78, 5) is 19.3. The number of hydrogen-bond acceptors (Lipinski definition) is 4. The molecule has 5 nitrogen and oxygen atoms in total. The minimum Gasteiger partial charge on any atom is -0.383 e. The van der Waals surface area contributed by atoms with E-state index in [2.05, 4.69) is 45.8 Å². The molecule has 3 aromatic rings. The SMILES string of the molecule is CCCCC#Cc1ccc2cnc(N)c(C#Cc3ccc(C(=O)NCCCN4CCCCC4)cc3)c2c1. The summed E-state index contributed by atoms with van der Waals surface area (Å²) in [5, 5.41) is 4.96. The lowest BCUT2D eigenvalue weighted by molar-refractivity contribution is 0.0951. The first-order valence-electron chi connectivity index (χ1n) is 13.4. The van der Waals surface area contributed by atoms with E-state index in [9.17, 15) is 4.79 Å². The van der Waals surface area contributed by atoms with Crippen LogP contribution in [-0.4, -0.2) is 42.0 Å². The molecule has 1 aliphatic rings. The number of nitrogen functional groups attached to an aromatic ring is 1. The third-order valence-corrected chi connectivity index (χ3v) is 6.67. The number of piperidine rings is 1. The summed E-state index contributed by atoms with van der Waals surface area (Å²) in [7, 11) is 0. The Morgan fingerprint density at radius 3 is 2.57 bits per heavy atom. The van der Waals surface area contributed by atoms with Gasteiger partial charge >= 0.3 is 0 Å². The predicted octanol–water partition coefficient (Wildman–Crippen LogP) is 5.36. The summed E-state index contributed by atoms with van der Waals surface area (Å²) in [6, 6.07) is 13.4. The smallest absolute Gasteiger partial charge is 0.251 e. The van der Waals surface area contributed by atoms with E-state index in [1.807, 2.05) is 42.5 Å². The zero-order chi connectivity index (χ0) is 25.9. The Labute approximate surface area is 220 Å². The fourth-order valence-corrected chi connectivity index (χ4v) is 4.50. The van der Waals surface area contributed by atoms with Crippen molar-refractivity contribution >= 4 is 22.5 Å². The second-order valence-corrected chi connectivity index (χ2v) is 9.56. The summed E-state index contributed by atoms with van der Waals surface area (Å²) in [6.45, 7) is 6.28. The van der Waals surface area contributed by atoms with Gasteiger partial charge in [0.25, 0.3) is 5.91 Å². The molecule has 1 saturated heterocycles. The van der Waals surface area contributed by atoms with Crippen molar-refractivity contribution in [3.8, 4) is 23.7 Å². The molecule has 2 aromatic carbocycles. The van der Waals surface area contributed by atoms with E-state index < -0.39 is 0 Å². The van der Waals surface area contributed by atoms with E-state index in [0.29, 0.717) is 23.5 Å². The van der Waals surface area contributed by atoms with Gasteiger partial charge in [-0.05, 0) is 81.7 Å². The van der Waals surface area contributed by atoms with Crippen molar-refractivity contribution < 1.29 is 4.79 Å². The molecule has 0 spiro atoms. The molecule has 4 rings (SSSR count). The van der Waals surface area contributed by atoms with Gasteiger partial charge in [-0.25, -0.2) is 4.98 Å². The number of nitrogens with two attached hydrogens (primary N) is 1. The quantitative estimate of drug-likeness (QED) is 0.344. The zero-order valence-corrected chi connectivity index (χ0v) is 21.8. The molecule has 0 radical (unpaired) electrons. The van der Waals surface area contributed by atoms with E-state index >= 15 is 0 Å². The zero-order valence-electron chi connectivity index (χ0n) is 21.8. The monoisotopic (exact) mass is 492 g/mol. The molecular formula is C32H36N4O. The van der Waals surface area contributed by atoms with Crippen molar-refractivity contribution in [2.24, 2.45) is 0 Å². The van der Waals surface area contributed by atoms with Crippen LogP contribution in [0.15, 0.2) is 48.7 Å². The molecule has 1 aliphatic heterocycles. The molecule has 1 aromatic heterocycles. The molecule has 190 valence electrons. The molecular weight excluding hydrogens is 456 g/mol. The number of carbonyl (C=O) groups is 1. The first-order chi connectivity index (χ1) is 18.1. The lowest BCUT2D eigenvalue weighted by Gasteiger charge is -2.26. The molecule has 3 N–H and O–H groups in total. The van der Waals surface area contributed by atoms with Crippen LogP contribution < -0.4 is 11.1 Å². The Morgan fingerprint density at radius 1 is 1.00 bits per heavy atom. The number of anilines is 1. The Bertz CT molecular complexity index is 1330. The lowest BCUT2D eigenvalue weighted by Crippen LogP contribution is -2.33. The van der Waals surface area contributed by atoms with Crippen LogP contribution in [0.4, 0.5) is 5.82 Å². The summed E-state index contributed by atoms with van der Waals surface area (Å²) >= 11 is 0. The highest BCUT2D eigenvalue weighted by Crippen LogP contribution is 2.23. The number of nitrogens with one attached hydrogen (secondary N) is 1. The number of nitrogens with zero attached hydrogens (tertiary/aromatic N) is 2. The van der Waals surface area contributed by atoms with Crippen molar-refractivity contribution in [1.82, 2.24) is 15.2 Å². The lowest BCUT2D eigenvalue weighted by atomic mass is 10.0. The standard InChI is InChI=1S/C32H36N4O/c1-2-3-4-6-10-26-13-17-28-24-35-31(33)29(30(28)23-26)18-14-25-11-15-27(16-12-25)32(37)34-19-9-22-36-20-7-5-8-21-36/h11-13,15-17,23-24H,2-5,7-9,19-22H2,1H3,(H2,33,35)(H,34,37). The molecule has 0 unspecified atom stereocenters. The highest BCUT2D eigenvalue weighted by atomic mass is 16.1. The minimum absolute atomic E-state index is 0.0479. The third kappa shape index (κ3) is 7.59. The van der Waals surface area contributed by atoms with Gasteiger partial charge in [-0.3, -0.25) is 4.79 Å². The van der Waals surface area contributed by atoms with Crippen LogP contribution in [0.2, 0.25) is 0 Å². The van der Waals surface area contributed by atoms with Gasteiger partial charge in [0.15, 0.2) is 0 Å². The summed E-state index contributed by atoms with van der Waals surface area (Å²) < 4.78 is 0.